The minimum absolute atomic E-state index is 0.347. The van der Waals surface area contributed by atoms with Crippen LogP contribution in [0.15, 0.2) is 24.5 Å². The molecular formula is C20H23N7. The predicted molar refractivity (Wildman–Crippen MR) is 103 cm³/mol. The first-order valence-corrected chi connectivity index (χ1v) is 9.72. The third-order valence-corrected chi connectivity index (χ3v) is 5.55. The topological polar surface area (TPSA) is 83.5 Å². The summed E-state index contributed by atoms with van der Waals surface area (Å²) >= 11 is 0. The van der Waals surface area contributed by atoms with E-state index < -0.39 is 0 Å². The van der Waals surface area contributed by atoms with Crippen LogP contribution in [0.3, 0.4) is 0 Å². The number of rotatable bonds is 3. The van der Waals surface area contributed by atoms with Gasteiger partial charge in [0.25, 0.3) is 0 Å². The molecule has 1 aliphatic carbocycles. The molecule has 0 radical (unpaired) electrons. The molecule has 0 aromatic carbocycles. The Labute approximate surface area is 158 Å². The number of pyridine rings is 1. The highest BCUT2D eigenvalue weighted by molar-refractivity contribution is 5.61. The number of H-pyrrole nitrogens is 1. The molecule has 1 saturated heterocycles. The van der Waals surface area contributed by atoms with Crippen LogP contribution in [0.25, 0.3) is 11.4 Å². The number of aromatic nitrogens is 6. The molecule has 2 aliphatic rings. The highest BCUT2D eigenvalue weighted by Gasteiger charge is 2.29. The van der Waals surface area contributed by atoms with Gasteiger partial charge in [0.1, 0.15) is 11.6 Å². The molecule has 1 atom stereocenters. The number of hydrogen-bond donors (Lipinski definition) is 1. The van der Waals surface area contributed by atoms with Crippen LogP contribution in [0.4, 0.5) is 5.82 Å². The maximum atomic E-state index is 5.01. The number of fused-ring (bicyclic) bond motifs is 1. The second-order valence-electron chi connectivity index (χ2n) is 7.45. The molecule has 1 fully saturated rings. The normalized spacial score (nSPS) is 19.3. The third-order valence-electron chi connectivity index (χ3n) is 5.55. The Morgan fingerprint density at radius 2 is 1.96 bits per heavy atom. The molecule has 3 aromatic rings. The van der Waals surface area contributed by atoms with Crippen LogP contribution < -0.4 is 4.90 Å². The third kappa shape index (κ3) is 3.07. The zero-order valence-corrected chi connectivity index (χ0v) is 15.5. The number of hydrogen-bond acceptors (Lipinski definition) is 6. The first-order valence-electron chi connectivity index (χ1n) is 9.72. The highest BCUT2D eigenvalue weighted by atomic mass is 15.2. The van der Waals surface area contributed by atoms with Gasteiger partial charge >= 0.3 is 0 Å². The van der Waals surface area contributed by atoms with Crippen molar-refractivity contribution in [1.82, 2.24) is 30.1 Å². The number of aryl methyl sites for hydroxylation is 2. The fraction of sp³-hybridized carbons (Fsp3) is 0.450. The molecule has 27 heavy (non-hydrogen) atoms. The summed E-state index contributed by atoms with van der Waals surface area (Å²) in [6, 6.07) is 3.96. The van der Waals surface area contributed by atoms with E-state index >= 15 is 0 Å². The molecule has 0 spiro atoms. The Bertz CT molecular complexity index is 950. The van der Waals surface area contributed by atoms with Crippen molar-refractivity contribution in [2.24, 2.45) is 0 Å². The molecule has 0 bridgehead atoms. The van der Waals surface area contributed by atoms with Crippen LogP contribution in [-0.2, 0) is 12.8 Å². The molecule has 1 aliphatic heterocycles. The summed E-state index contributed by atoms with van der Waals surface area (Å²) in [7, 11) is 0. The molecule has 5 rings (SSSR count). The molecule has 138 valence electrons. The van der Waals surface area contributed by atoms with E-state index in [1.165, 1.54) is 11.3 Å². The SMILES string of the molecule is Cc1nc(C2CCCN(c3nc(-c4ccncc4)nc4c3CCC4)C2)n[nH]1. The lowest BCUT2D eigenvalue weighted by molar-refractivity contribution is 0.489. The van der Waals surface area contributed by atoms with E-state index in [9.17, 15) is 0 Å². The number of piperidine rings is 1. The summed E-state index contributed by atoms with van der Waals surface area (Å²) < 4.78 is 0. The van der Waals surface area contributed by atoms with Gasteiger partial charge in [-0.1, -0.05) is 0 Å². The van der Waals surface area contributed by atoms with Crippen molar-refractivity contribution in [2.45, 2.75) is 44.9 Å². The fourth-order valence-electron chi connectivity index (χ4n) is 4.23. The molecule has 7 nitrogen and oxygen atoms in total. The number of aromatic amines is 1. The number of anilines is 1. The Morgan fingerprint density at radius 3 is 2.78 bits per heavy atom. The van der Waals surface area contributed by atoms with Crippen molar-refractivity contribution < 1.29 is 0 Å². The van der Waals surface area contributed by atoms with Crippen molar-refractivity contribution in [3.63, 3.8) is 0 Å². The van der Waals surface area contributed by atoms with Gasteiger partial charge in [-0.2, -0.15) is 5.10 Å². The van der Waals surface area contributed by atoms with Crippen molar-refractivity contribution >= 4 is 5.82 Å². The average molecular weight is 361 g/mol. The molecule has 7 heteroatoms. The first-order chi connectivity index (χ1) is 13.3. The summed E-state index contributed by atoms with van der Waals surface area (Å²) in [4.78, 5) is 21.0. The first kappa shape index (κ1) is 16.4. The number of nitrogens with one attached hydrogen (secondary N) is 1. The van der Waals surface area contributed by atoms with Gasteiger partial charge in [-0.3, -0.25) is 10.1 Å². The highest BCUT2D eigenvalue weighted by Crippen LogP contribution is 2.35. The zero-order valence-electron chi connectivity index (χ0n) is 15.5. The molecule has 4 heterocycles. The quantitative estimate of drug-likeness (QED) is 0.772. The predicted octanol–water partition coefficient (Wildman–Crippen LogP) is 2.84. The van der Waals surface area contributed by atoms with E-state index in [1.807, 2.05) is 19.1 Å². The van der Waals surface area contributed by atoms with E-state index in [0.717, 1.165) is 74.0 Å². The van der Waals surface area contributed by atoms with Gasteiger partial charge in [-0.15, -0.1) is 0 Å². The smallest absolute Gasteiger partial charge is 0.161 e. The van der Waals surface area contributed by atoms with Gasteiger partial charge in [0, 0.05) is 48.2 Å². The van der Waals surface area contributed by atoms with Crippen molar-refractivity contribution in [2.75, 3.05) is 18.0 Å². The Morgan fingerprint density at radius 1 is 1.07 bits per heavy atom. The van der Waals surface area contributed by atoms with Crippen LogP contribution in [-0.4, -0.2) is 43.2 Å². The van der Waals surface area contributed by atoms with Crippen LogP contribution in [0.1, 0.15) is 48.1 Å². The summed E-state index contributed by atoms with van der Waals surface area (Å²) in [6.07, 6.45) is 9.12. The maximum Gasteiger partial charge on any atom is 0.161 e. The van der Waals surface area contributed by atoms with E-state index in [1.54, 1.807) is 12.4 Å². The fourth-order valence-corrected chi connectivity index (χ4v) is 4.23. The lowest BCUT2D eigenvalue weighted by Crippen LogP contribution is -2.36. The van der Waals surface area contributed by atoms with Gasteiger partial charge < -0.3 is 4.90 Å². The van der Waals surface area contributed by atoms with Gasteiger partial charge in [0.15, 0.2) is 11.6 Å². The summed E-state index contributed by atoms with van der Waals surface area (Å²) in [5.41, 5.74) is 3.57. The molecule has 0 amide bonds. The Balaban J connectivity index is 1.51. The van der Waals surface area contributed by atoms with E-state index in [2.05, 4.69) is 25.1 Å². The Hall–Kier alpha value is -2.83. The second-order valence-corrected chi connectivity index (χ2v) is 7.45. The van der Waals surface area contributed by atoms with Crippen molar-refractivity contribution in [3.8, 4) is 11.4 Å². The standard InChI is InChI=1S/C20H23N7/c1-13-22-19(26-25-13)15-4-3-11-27(12-15)20-16-5-2-6-17(16)23-18(24-20)14-7-9-21-10-8-14/h7-10,15H,2-6,11-12H2,1H3,(H,22,25,26). The van der Waals surface area contributed by atoms with Crippen LogP contribution in [0.2, 0.25) is 0 Å². The average Bonchev–Trinajstić information content (AvgIpc) is 3.37. The second kappa shape index (κ2) is 6.72. The molecule has 3 aromatic heterocycles. The summed E-state index contributed by atoms with van der Waals surface area (Å²) in [5.74, 6) is 4.08. The lowest BCUT2D eigenvalue weighted by atomic mass is 9.97. The molecule has 1 unspecified atom stereocenters. The summed E-state index contributed by atoms with van der Waals surface area (Å²) in [5, 5.41) is 7.38. The minimum Gasteiger partial charge on any atom is -0.356 e. The molecular weight excluding hydrogens is 338 g/mol. The number of nitrogens with zero attached hydrogens (tertiary/aromatic N) is 6. The largest absolute Gasteiger partial charge is 0.356 e. The van der Waals surface area contributed by atoms with Gasteiger partial charge in [-0.25, -0.2) is 15.0 Å². The Kier molecular flexibility index (Phi) is 4.07. The monoisotopic (exact) mass is 361 g/mol. The van der Waals surface area contributed by atoms with E-state index in [4.69, 9.17) is 9.97 Å². The van der Waals surface area contributed by atoms with Crippen molar-refractivity contribution in [3.05, 3.63) is 47.4 Å². The lowest BCUT2D eigenvalue weighted by Gasteiger charge is -2.33. The van der Waals surface area contributed by atoms with Crippen LogP contribution in [0.5, 0.6) is 0 Å². The zero-order chi connectivity index (χ0) is 18.2. The molecule has 1 N–H and O–H groups in total. The van der Waals surface area contributed by atoms with Crippen LogP contribution >= 0.6 is 0 Å². The van der Waals surface area contributed by atoms with Gasteiger partial charge in [-0.05, 0) is 51.2 Å². The van der Waals surface area contributed by atoms with E-state index in [-0.39, 0.29) is 0 Å². The van der Waals surface area contributed by atoms with Gasteiger partial charge in [0.2, 0.25) is 0 Å². The molecule has 0 saturated carbocycles. The van der Waals surface area contributed by atoms with Crippen molar-refractivity contribution in [1.29, 1.82) is 0 Å². The summed E-state index contributed by atoms with van der Waals surface area (Å²) in [6.45, 7) is 3.89. The maximum absolute atomic E-state index is 5.01. The van der Waals surface area contributed by atoms with Crippen LogP contribution in [0, 0.1) is 6.92 Å². The van der Waals surface area contributed by atoms with Gasteiger partial charge in [0.05, 0.1) is 0 Å². The van der Waals surface area contributed by atoms with E-state index in [0.29, 0.717) is 5.92 Å². The minimum atomic E-state index is 0.347.